The third kappa shape index (κ3) is 7.17. The molecule has 0 atom stereocenters. The Kier molecular flexibility index (Phi) is 8.51. The summed E-state index contributed by atoms with van der Waals surface area (Å²) in [6, 6.07) is 30.5. The van der Waals surface area contributed by atoms with E-state index in [0.717, 1.165) is 28.0 Å². The number of phenols is 1. The van der Waals surface area contributed by atoms with Crippen LogP contribution >= 0.6 is 0 Å². The van der Waals surface area contributed by atoms with Gasteiger partial charge >= 0.3 is 6.09 Å². The summed E-state index contributed by atoms with van der Waals surface area (Å²) in [5, 5.41) is 9.59. The number of nitrogens with zero attached hydrogens (tertiary/aromatic N) is 1. The molecule has 7 heteroatoms. The Labute approximate surface area is 228 Å². The highest BCUT2D eigenvalue weighted by Gasteiger charge is 2.23. The maximum absolute atomic E-state index is 11.3. The number of amidine groups is 1. The van der Waals surface area contributed by atoms with Crippen molar-refractivity contribution in [2.24, 2.45) is 10.7 Å². The number of rotatable bonds is 9. The normalized spacial score (nSPS) is 11.6. The molecule has 3 N–H and O–H groups in total. The zero-order valence-corrected chi connectivity index (χ0v) is 22.3. The maximum Gasteiger partial charge on any atom is 0.435 e. The fraction of sp³-hybridized carbons (Fsp3) is 0.188. The lowest BCUT2D eigenvalue weighted by molar-refractivity contribution is 0.182. The summed E-state index contributed by atoms with van der Waals surface area (Å²) in [5.74, 6) is 1.80. The topological polar surface area (TPSA) is 103 Å². The van der Waals surface area contributed by atoms with Crippen LogP contribution in [-0.2, 0) is 23.4 Å². The number of carbonyl (C=O) groups excluding carboxylic acids is 1. The molecule has 7 nitrogen and oxygen atoms in total. The quantitative estimate of drug-likeness (QED) is 0.195. The molecule has 0 aromatic heterocycles. The molecule has 0 aliphatic carbocycles. The van der Waals surface area contributed by atoms with Crippen LogP contribution < -0.4 is 15.2 Å². The molecule has 39 heavy (non-hydrogen) atoms. The highest BCUT2D eigenvalue weighted by atomic mass is 16.5. The molecule has 200 valence electrons. The number of hydrogen-bond acceptors (Lipinski definition) is 5. The molecule has 0 aliphatic rings. The van der Waals surface area contributed by atoms with Gasteiger partial charge in [-0.3, -0.25) is 0 Å². The van der Waals surface area contributed by atoms with Gasteiger partial charge in [0.15, 0.2) is 0 Å². The van der Waals surface area contributed by atoms with Crippen molar-refractivity contribution in [3.63, 3.8) is 0 Å². The van der Waals surface area contributed by atoms with E-state index in [0.29, 0.717) is 24.5 Å². The molecular weight excluding hydrogens is 492 g/mol. The van der Waals surface area contributed by atoms with Crippen LogP contribution in [0.1, 0.15) is 41.7 Å². The summed E-state index contributed by atoms with van der Waals surface area (Å²) in [7, 11) is 1.25. The number of carbonyl (C=O) groups is 1. The zero-order valence-electron chi connectivity index (χ0n) is 22.3. The first kappa shape index (κ1) is 27.3. The van der Waals surface area contributed by atoms with Crippen LogP contribution in [0.5, 0.6) is 17.2 Å². The van der Waals surface area contributed by atoms with Crippen LogP contribution in [0.3, 0.4) is 0 Å². The van der Waals surface area contributed by atoms with Crippen LogP contribution in [0.25, 0.3) is 0 Å². The summed E-state index contributed by atoms with van der Waals surface area (Å²) >= 11 is 0. The Morgan fingerprint density at radius 1 is 0.795 bits per heavy atom. The third-order valence-electron chi connectivity index (χ3n) is 6.50. The molecule has 0 fully saturated rings. The average Bonchev–Trinajstić information content (AvgIpc) is 2.96. The van der Waals surface area contributed by atoms with E-state index in [1.807, 2.05) is 42.5 Å². The molecule has 0 saturated carbocycles. The first-order valence-electron chi connectivity index (χ1n) is 12.5. The predicted octanol–water partition coefficient (Wildman–Crippen LogP) is 6.35. The molecule has 0 unspecified atom stereocenters. The van der Waals surface area contributed by atoms with E-state index in [-0.39, 0.29) is 17.0 Å². The minimum Gasteiger partial charge on any atom is -0.508 e. The van der Waals surface area contributed by atoms with Gasteiger partial charge in [0.2, 0.25) is 0 Å². The Bertz CT molecular complexity index is 1430. The van der Waals surface area contributed by atoms with Gasteiger partial charge in [0.1, 0.15) is 36.3 Å². The molecule has 4 aromatic rings. The lowest BCUT2D eigenvalue weighted by Gasteiger charge is -2.26. The lowest BCUT2D eigenvalue weighted by atomic mass is 9.78. The van der Waals surface area contributed by atoms with Gasteiger partial charge in [0.05, 0.1) is 7.11 Å². The Hall–Kier alpha value is -4.78. The third-order valence-corrected chi connectivity index (χ3v) is 6.50. The SMILES string of the molecule is COC(=O)/N=C(\N)c1ccc(OCc2cccc(COc3ccc(C(C)(C)c4ccc(O)cc4)cc3)c2)cc1. The molecule has 0 saturated heterocycles. The number of methoxy groups -OCH3 is 1. The van der Waals surface area contributed by atoms with E-state index in [1.165, 1.54) is 7.11 Å². The van der Waals surface area contributed by atoms with Gasteiger partial charge in [0, 0.05) is 11.0 Å². The minimum atomic E-state index is -0.747. The number of aliphatic imine (C=N–C) groups is 1. The van der Waals surface area contributed by atoms with Crippen molar-refractivity contribution in [1.82, 2.24) is 0 Å². The van der Waals surface area contributed by atoms with E-state index in [9.17, 15) is 9.90 Å². The number of nitrogens with two attached hydrogens (primary N) is 1. The second kappa shape index (κ2) is 12.2. The zero-order chi connectivity index (χ0) is 27.8. The molecule has 1 amide bonds. The fourth-order valence-electron chi connectivity index (χ4n) is 4.09. The van der Waals surface area contributed by atoms with Crippen molar-refractivity contribution in [1.29, 1.82) is 0 Å². The maximum atomic E-state index is 11.3. The van der Waals surface area contributed by atoms with Crippen LogP contribution in [0.15, 0.2) is 102 Å². The second-order valence-electron chi connectivity index (χ2n) is 9.59. The van der Waals surface area contributed by atoms with Gasteiger partial charge in [-0.05, 0) is 76.9 Å². The van der Waals surface area contributed by atoms with Crippen molar-refractivity contribution in [3.8, 4) is 17.2 Å². The minimum absolute atomic E-state index is 0.0804. The molecule has 0 bridgehead atoms. The largest absolute Gasteiger partial charge is 0.508 e. The fourth-order valence-corrected chi connectivity index (χ4v) is 4.09. The first-order valence-corrected chi connectivity index (χ1v) is 12.5. The van der Waals surface area contributed by atoms with Crippen molar-refractivity contribution in [2.75, 3.05) is 7.11 Å². The van der Waals surface area contributed by atoms with Gasteiger partial charge in [-0.1, -0.05) is 56.3 Å². The van der Waals surface area contributed by atoms with Gasteiger partial charge in [-0.2, -0.15) is 4.99 Å². The predicted molar refractivity (Wildman–Crippen MR) is 151 cm³/mol. The summed E-state index contributed by atoms with van der Waals surface area (Å²) in [4.78, 5) is 14.9. The van der Waals surface area contributed by atoms with E-state index >= 15 is 0 Å². The number of aromatic hydroxyl groups is 1. The molecule has 0 heterocycles. The summed E-state index contributed by atoms with van der Waals surface area (Å²) < 4.78 is 16.4. The standard InChI is InChI=1S/C32H32N2O5/c1-32(2,25-9-13-27(35)14-10-25)26-11-17-29(18-12-26)39-21-23-6-4-5-22(19-23)20-38-28-15-7-24(8-16-28)30(33)34-31(36)37-3/h4-19,35H,20-21H2,1-3H3,(H2,33,34,36). The van der Waals surface area contributed by atoms with E-state index in [1.54, 1.807) is 36.4 Å². The van der Waals surface area contributed by atoms with E-state index < -0.39 is 6.09 Å². The average molecular weight is 525 g/mol. The van der Waals surface area contributed by atoms with Gasteiger partial charge in [-0.25, -0.2) is 4.79 Å². The van der Waals surface area contributed by atoms with Gasteiger partial charge < -0.3 is 25.1 Å². The van der Waals surface area contributed by atoms with Crippen molar-refractivity contribution in [2.45, 2.75) is 32.5 Å². The Morgan fingerprint density at radius 2 is 1.28 bits per heavy atom. The summed E-state index contributed by atoms with van der Waals surface area (Å²) in [5.41, 5.74) is 10.5. The molecule has 0 spiro atoms. The van der Waals surface area contributed by atoms with Gasteiger partial charge in [-0.15, -0.1) is 0 Å². The molecule has 4 rings (SSSR count). The lowest BCUT2D eigenvalue weighted by Crippen LogP contribution is -2.18. The number of ether oxygens (including phenoxy) is 3. The number of hydrogen-bond donors (Lipinski definition) is 2. The van der Waals surface area contributed by atoms with Crippen LogP contribution in [0, 0.1) is 0 Å². The highest BCUT2D eigenvalue weighted by molar-refractivity contribution is 6.02. The highest BCUT2D eigenvalue weighted by Crippen LogP contribution is 2.33. The first-order chi connectivity index (χ1) is 18.7. The van der Waals surface area contributed by atoms with Crippen molar-refractivity contribution < 1.29 is 24.1 Å². The van der Waals surface area contributed by atoms with Crippen molar-refractivity contribution in [3.05, 3.63) is 125 Å². The monoisotopic (exact) mass is 524 g/mol. The number of phenolic OH excluding ortho intramolecular Hbond substituents is 1. The van der Waals surface area contributed by atoms with Crippen molar-refractivity contribution >= 4 is 11.9 Å². The molecule has 0 radical (unpaired) electrons. The van der Waals surface area contributed by atoms with Crippen LogP contribution in [0.2, 0.25) is 0 Å². The van der Waals surface area contributed by atoms with E-state index in [2.05, 4.69) is 41.8 Å². The second-order valence-corrected chi connectivity index (χ2v) is 9.59. The molecular formula is C32H32N2O5. The molecule has 0 aliphatic heterocycles. The van der Waals surface area contributed by atoms with E-state index in [4.69, 9.17) is 15.2 Å². The number of amides is 1. The van der Waals surface area contributed by atoms with Crippen LogP contribution in [0.4, 0.5) is 4.79 Å². The summed E-state index contributed by atoms with van der Waals surface area (Å²) in [6.45, 7) is 5.14. The Morgan fingerprint density at radius 3 is 1.79 bits per heavy atom. The smallest absolute Gasteiger partial charge is 0.435 e. The Balaban J connectivity index is 1.32. The van der Waals surface area contributed by atoms with Crippen LogP contribution in [-0.4, -0.2) is 24.1 Å². The molecule has 4 aromatic carbocycles. The van der Waals surface area contributed by atoms with Gasteiger partial charge in [0.25, 0.3) is 0 Å². The summed E-state index contributed by atoms with van der Waals surface area (Å²) in [6.07, 6.45) is -0.747. The number of benzene rings is 4.